The largest absolute Gasteiger partial charge is 0.495 e. The molecule has 0 fully saturated rings. The Kier molecular flexibility index (Phi) is 5.35. The average Bonchev–Trinajstić information content (AvgIpc) is 3.14. The summed E-state index contributed by atoms with van der Waals surface area (Å²) in [6.07, 6.45) is 0.132. The van der Waals surface area contributed by atoms with Crippen molar-refractivity contribution in [3.8, 4) is 5.75 Å². The second-order valence-corrected chi connectivity index (χ2v) is 6.15. The van der Waals surface area contributed by atoms with Gasteiger partial charge in [0.05, 0.1) is 23.4 Å². The molecule has 0 spiro atoms. The Bertz CT molecular complexity index is 958. The number of nitrogens with one attached hydrogen (secondary N) is 1. The van der Waals surface area contributed by atoms with Crippen molar-refractivity contribution < 1.29 is 19.2 Å². The van der Waals surface area contributed by atoms with Crippen molar-refractivity contribution in [2.24, 2.45) is 5.10 Å². The molecule has 0 saturated carbocycles. The molecule has 1 atom stereocenters. The summed E-state index contributed by atoms with van der Waals surface area (Å²) in [7, 11) is 1.40. The summed E-state index contributed by atoms with van der Waals surface area (Å²) in [4.78, 5) is 35.2. The quantitative estimate of drug-likeness (QED) is 0.607. The number of anilines is 2. The SMILES string of the molecule is COc1ccc([N+](=O)[O-])cc1NC(=O)C1=NN(c2ccccc2)C(C(C)=O)C1. The summed E-state index contributed by atoms with van der Waals surface area (Å²) in [5, 5.41) is 19.4. The summed E-state index contributed by atoms with van der Waals surface area (Å²) < 4.78 is 5.15. The van der Waals surface area contributed by atoms with E-state index in [1.165, 1.54) is 37.2 Å². The number of Topliss-reactive ketones (excluding diaryl/α,β-unsaturated/α-hetero) is 1. The first kappa shape index (κ1) is 19.0. The first-order valence-electron chi connectivity index (χ1n) is 8.46. The van der Waals surface area contributed by atoms with Gasteiger partial charge in [-0.3, -0.25) is 24.7 Å². The Hall–Kier alpha value is -3.75. The number of non-ortho nitro benzene ring substituents is 1. The van der Waals surface area contributed by atoms with E-state index in [0.717, 1.165) is 0 Å². The van der Waals surface area contributed by atoms with Gasteiger partial charge in [-0.05, 0) is 25.1 Å². The standard InChI is InChI=1S/C19H18N4O5/c1-12(24)17-11-16(21-22(17)13-6-4-3-5-7-13)19(25)20-15-10-14(23(26)27)8-9-18(15)28-2/h3-10,17H,11H2,1-2H3,(H,20,25). The van der Waals surface area contributed by atoms with Gasteiger partial charge in [-0.2, -0.15) is 5.10 Å². The molecule has 1 amide bonds. The molecule has 144 valence electrons. The van der Waals surface area contributed by atoms with E-state index in [1.807, 2.05) is 18.2 Å². The molecule has 0 saturated heterocycles. The monoisotopic (exact) mass is 382 g/mol. The Morgan fingerprint density at radius 3 is 2.57 bits per heavy atom. The second-order valence-electron chi connectivity index (χ2n) is 6.15. The lowest BCUT2D eigenvalue weighted by Gasteiger charge is -2.20. The average molecular weight is 382 g/mol. The van der Waals surface area contributed by atoms with E-state index < -0.39 is 16.9 Å². The van der Waals surface area contributed by atoms with Crippen LogP contribution in [0.15, 0.2) is 53.6 Å². The fourth-order valence-corrected chi connectivity index (χ4v) is 2.88. The molecule has 0 bridgehead atoms. The highest BCUT2D eigenvalue weighted by Crippen LogP contribution is 2.30. The number of nitro groups is 1. The molecule has 1 aliphatic heterocycles. The maximum Gasteiger partial charge on any atom is 0.272 e. The molecule has 3 rings (SSSR count). The van der Waals surface area contributed by atoms with Crippen LogP contribution in [0.1, 0.15) is 13.3 Å². The zero-order chi connectivity index (χ0) is 20.3. The van der Waals surface area contributed by atoms with Gasteiger partial charge in [-0.15, -0.1) is 0 Å². The van der Waals surface area contributed by atoms with Crippen LogP contribution in [-0.4, -0.2) is 35.5 Å². The van der Waals surface area contributed by atoms with Gasteiger partial charge in [0.1, 0.15) is 17.5 Å². The minimum absolute atomic E-state index is 0.122. The van der Waals surface area contributed by atoms with Crippen molar-refractivity contribution in [3.05, 3.63) is 58.6 Å². The number of carbonyl (C=O) groups is 2. The molecule has 9 heteroatoms. The number of ether oxygens (including phenoxy) is 1. The van der Waals surface area contributed by atoms with Gasteiger partial charge >= 0.3 is 0 Å². The first-order valence-corrected chi connectivity index (χ1v) is 8.46. The van der Waals surface area contributed by atoms with Gasteiger partial charge < -0.3 is 10.1 Å². The maximum absolute atomic E-state index is 12.7. The molecule has 1 unspecified atom stereocenters. The summed E-state index contributed by atoms with van der Waals surface area (Å²) in [6, 6.07) is 12.4. The Balaban J connectivity index is 1.87. The van der Waals surface area contributed by atoms with Crippen LogP contribution in [0.4, 0.5) is 17.1 Å². The summed E-state index contributed by atoms with van der Waals surface area (Å²) in [5.41, 5.74) is 0.815. The van der Waals surface area contributed by atoms with Crippen LogP contribution < -0.4 is 15.1 Å². The van der Waals surface area contributed by atoms with E-state index in [2.05, 4.69) is 10.4 Å². The molecular weight excluding hydrogens is 364 g/mol. The van der Waals surface area contributed by atoms with Crippen molar-refractivity contribution in [2.45, 2.75) is 19.4 Å². The topological polar surface area (TPSA) is 114 Å². The van der Waals surface area contributed by atoms with E-state index >= 15 is 0 Å². The lowest BCUT2D eigenvalue weighted by molar-refractivity contribution is -0.384. The second kappa shape index (κ2) is 7.87. The number of para-hydroxylation sites is 1. The number of amides is 1. The normalized spacial score (nSPS) is 15.7. The van der Waals surface area contributed by atoms with Gasteiger partial charge in [0.15, 0.2) is 5.78 Å². The summed E-state index contributed by atoms with van der Waals surface area (Å²) in [6.45, 7) is 1.44. The highest BCUT2D eigenvalue weighted by Gasteiger charge is 2.34. The van der Waals surface area contributed by atoms with Crippen LogP contribution >= 0.6 is 0 Å². The fraction of sp³-hybridized carbons (Fsp3) is 0.211. The lowest BCUT2D eigenvalue weighted by Crippen LogP contribution is -2.33. The number of rotatable bonds is 6. The van der Waals surface area contributed by atoms with Gasteiger partial charge in [0.25, 0.3) is 11.6 Å². The van der Waals surface area contributed by atoms with E-state index in [9.17, 15) is 19.7 Å². The van der Waals surface area contributed by atoms with Crippen molar-refractivity contribution >= 4 is 34.5 Å². The van der Waals surface area contributed by atoms with Crippen molar-refractivity contribution in [3.63, 3.8) is 0 Å². The third-order valence-electron chi connectivity index (χ3n) is 4.30. The zero-order valence-electron chi connectivity index (χ0n) is 15.3. The molecule has 1 aliphatic rings. The van der Waals surface area contributed by atoms with Crippen molar-refractivity contribution in [1.82, 2.24) is 0 Å². The van der Waals surface area contributed by atoms with Crippen LogP contribution in [0.25, 0.3) is 0 Å². The highest BCUT2D eigenvalue weighted by atomic mass is 16.6. The number of methoxy groups -OCH3 is 1. The van der Waals surface area contributed by atoms with Crippen LogP contribution in [0.5, 0.6) is 5.75 Å². The number of nitrogens with zero attached hydrogens (tertiary/aromatic N) is 3. The predicted molar refractivity (Wildman–Crippen MR) is 104 cm³/mol. The minimum atomic E-state index is -0.588. The Labute approximate surface area is 160 Å². The van der Waals surface area contributed by atoms with E-state index in [4.69, 9.17) is 4.74 Å². The van der Waals surface area contributed by atoms with Gasteiger partial charge in [-0.1, -0.05) is 18.2 Å². The molecule has 0 aliphatic carbocycles. The molecule has 0 aromatic heterocycles. The van der Waals surface area contributed by atoms with E-state index in [-0.39, 0.29) is 35.0 Å². The van der Waals surface area contributed by atoms with Crippen molar-refractivity contribution in [1.29, 1.82) is 0 Å². The van der Waals surface area contributed by atoms with Crippen molar-refractivity contribution in [2.75, 3.05) is 17.4 Å². The number of hydrazone groups is 1. The van der Waals surface area contributed by atoms with Crippen LogP contribution in [0.3, 0.4) is 0 Å². The highest BCUT2D eigenvalue weighted by molar-refractivity contribution is 6.44. The van der Waals surface area contributed by atoms with Gasteiger partial charge in [-0.25, -0.2) is 0 Å². The molecule has 2 aromatic rings. The number of hydrogen-bond donors (Lipinski definition) is 1. The molecule has 1 N–H and O–H groups in total. The summed E-state index contributed by atoms with van der Waals surface area (Å²) >= 11 is 0. The predicted octanol–water partition coefficient (Wildman–Crippen LogP) is 2.77. The van der Waals surface area contributed by atoms with Gasteiger partial charge in [0, 0.05) is 18.6 Å². The molecular formula is C19H18N4O5. The first-order chi connectivity index (χ1) is 13.4. The lowest BCUT2D eigenvalue weighted by atomic mass is 10.1. The fourth-order valence-electron chi connectivity index (χ4n) is 2.88. The number of nitro benzene ring substituents is 1. The van der Waals surface area contributed by atoms with Crippen LogP contribution in [-0.2, 0) is 9.59 Å². The molecule has 2 aromatic carbocycles. The van der Waals surface area contributed by atoms with Gasteiger partial charge in [0.2, 0.25) is 0 Å². The number of benzene rings is 2. The molecule has 28 heavy (non-hydrogen) atoms. The molecule has 9 nitrogen and oxygen atoms in total. The number of hydrogen-bond acceptors (Lipinski definition) is 7. The Morgan fingerprint density at radius 1 is 1.25 bits per heavy atom. The maximum atomic E-state index is 12.7. The van der Waals surface area contributed by atoms with E-state index in [0.29, 0.717) is 5.69 Å². The van der Waals surface area contributed by atoms with Crippen LogP contribution in [0, 0.1) is 10.1 Å². The smallest absolute Gasteiger partial charge is 0.272 e. The number of ketones is 1. The zero-order valence-corrected chi connectivity index (χ0v) is 15.3. The van der Waals surface area contributed by atoms with E-state index in [1.54, 1.807) is 12.1 Å². The Morgan fingerprint density at radius 2 is 1.96 bits per heavy atom. The summed E-state index contributed by atoms with van der Waals surface area (Å²) in [5.74, 6) is -0.396. The molecule has 0 radical (unpaired) electrons. The number of carbonyl (C=O) groups excluding carboxylic acids is 2. The van der Waals surface area contributed by atoms with Crippen LogP contribution in [0.2, 0.25) is 0 Å². The molecule has 1 heterocycles. The third kappa shape index (κ3) is 3.83. The minimum Gasteiger partial charge on any atom is -0.495 e. The third-order valence-corrected chi connectivity index (χ3v) is 4.30.